The standard InChI is InChI=1S/C12H18N2O4/c1-9-7-11(10(8-14-9)12(16)17)13-3-2-5-18-6-4-15/h7-8,15H,2-6H2,1H3,(H,13,14)(H,16,17). The van der Waals surface area contributed by atoms with Crippen LogP contribution in [0.3, 0.4) is 0 Å². The highest BCUT2D eigenvalue weighted by Crippen LogP contribution is 2.15. The SMILES string of the molecule is Cc1cc(NCCCOCCO)c(C(=O)O)cn1. The molecule has 0 saturated heterocycles. The van der Waals surface area contributed by atoms with Crippen LogP contribution in [0.15, 0.2) is 12.3 Å². The van der Waals surface area contributed by atoms with Crippen LogP contribution < -0.4 is 5.32 Å². The lowest BCUT2D eigenvalue weighted by atomic mass is 10.2. The number of nitrogens with zero attached hydrogens (tertiary/aromatic N) is 1. The van der Waals surface area contributed by atoms with E-state index in [1.165, 1.54) is 6.20 Å². The van der Waals surface area contributed by atoms with Crippen LogP contribution in [0.2, 0.25) is 0 Å². The van der Waals surface area contributed by atoms with Gasteiger partial charge in [-0.3, -0.25) is 4.98 Å². The first-order chi connectivity index (χ1) is 8.65. The number of carboxylic acid groups (broad SMARTS) is 1. The second kappa shape index (κ2) is 7.62. The molecule has 0 amide bonds. The topological polar surface area (TPSA) is 91.7 Å². The summed E-state index contributed by atoms with van der Waals surface area (Å²) in [5.74, 6) is -0.999. The highest BCUT2D eigenvalue weighted by Gasteiger charge is 2.10. The van der Waals surface area contributed by atoms with Gasteiger partial charge in [0.15, 0.2) is 0 Å². The summed E-state index contributed by atoms with van der Waals surface area (Å²) < 4.78 is 5.10. The quantitative estimate of drug-likeness (QED) is 0.597. The Hall–Kier alpha value is -1.66. The Balaban J connectivity index is 2.45. The van der Waals surface area contributed by atoms with E-state index in [0.29, 0.717) is 25.4 Å². The molecule has 0 radical (unpaired) electrons. The zero-order valence-electron chi connectivity index (χ0n) is 10.3. The second-order valence-electron chi connectivity index (χ2n) is 3.79. The number of aliphatic hydroxyl groups excluding tert-OH is 1. The van der Waals surface area contributed by atoms with Crippen LogP contribution in [0.5, 0.6) is 0 Å². The Kier molecular flexibility index (Phi) is 6.10. The van der Waals surface area contributed by atoms with E-state index in [2.05, 4.69) is 10.3 Å². The number of aliphatic hydroxyl groups is 1. The first kappa shape index (κ1) is 14.4. The van der Waals surface area contributed by atoms with Gasteiger partial charge in [-0.15, -0.1) is 0 Å². The number of aromatic nitrogens is 1. The Bertz CT molecular complexity index is 396. The molecule has 18 heavy (non-hydrogen) atoms. The summed E-state index contributed by atoms with van der Waals surface area (Å²) in [5.41, 5.74) is 1.49. The molecule has 3 N–H and O–H groups in total. The number of carboxylic acids is 1. The normalized spacial score (nSPS) is 10.3. The fourth-order valence-corrected chi connectivity index (χ4v) is 1.44. The number of ether oxygens (including phenoxy) is 1. The van der Waals surface area contributed by atoms with Crippen LogP contribution >= 0.6 is 0 Å². The van der Waals surface area contributed by atoms with Crippen molar-refractivity contribution >= 4 is 11.7 Å². The van der Waals surface area contributed by atoms with E-state index in [1.807, 2.05) is 0 Å². The first-order valence-corrected chi connectivity index (χ1v) is 5.77. The molecule has 0 unspecified atom stereocenters. The number of aryl methyl sites for hydroxylation is 1. The van der Waals surface area contributed by atoms with Gasteiger partial charge < -0.3 is 20.3 Å². The molecule has 0 aliphatic heterocycles. The molecule has 6 heteroatoms. The Labute approximate surface area is 106 Å². The molecule has 0 spiro atoms. The van der Waals surface area contributed by atoms with Gasteiger partial charge in [0.25, 0.3) is 0 Å². The molecular weight excluding hydrogens is 236 g/mol. The summed E-state index contributed by atoms with van der Waals surface area (Å²) in [6.07, 6.45) is 2.09. The Morgan fingerprint density at radius 2 is 2.28 bits per heavy atom. The molecule has 0 aromatic carbocycles. The maximum Gasteiger partial charge on any atom is 0.339 e. The molecule has 0 saturated carbocycles. The highest BCUT2D eigenvalue weighted by molar-refractivity contribution is 5.93. The fourth-order valence-electron chi connectivity index (χ4n) is 1.44. The summed E-state index contributed by atoms with van der Waals surface area (Å²) in [4.78, 5) is 14.9. The lowest BCUT2D eigenvalue weighted by Gasteiger charge is -2.10. The average molecular weight is 254 g/mol. The maximum absolute atomic E-state index is 11.0. The number of aromatic carboxylic acids is 1. The molecular formula is C12H18N2O4. The summed E-state index contributed by atoms with van der Waals surface area (Å²) in [7, 11) is 0. The number of rotatable bonds is 8. The third-order valence-corrected chi connectivity index (χ3v) is 2.29. The van der Waals surface area contributed by atoms with Crippen molar-refractivity contribution in [2.24, 2.45) is 0 Å². The molecule has 0 fully saturated rings. The molecule has 0 atom stereocenters. The first-order valence-electron chi connectivity index (χ1n) is 5.77. The Morgan fingerprint density at radius 3 is 2.94 bits per heavy atom. The van der Waals surface area contributed by atoms with Gasteiger partial charge in [0, 0.05) is 25.0 Å². The lowest BCUT2D eigenvalue weighted by Crippen LogP contribution is -2.11. The smallest absolute Gasteiger partial charge is 0.339 e. The van der Waals surface area contributed by atoms with Gasteiger partial charge in [0.05, 0.1) is 18.9 Å². The maximum atomic E-state index is 11.0. The van der Waals surface area contributed by atoms with Gasteiger partial charge in [-0.2, -0.15) is 0 Å². The molecule has 100 valence electrons. The predicted molar refractivity (Wildman–Crippen MR) is 66.9 cm³/mol. The zero-order chi connectivity index (χ0) is 13.4. The fraction of sp³-hybridized carbons (Fsp3) is 0.500. The van der Waals surface area contributed by atoms with E-state index >= 15 is 0 Å². The van der Waals surface area contributed by atoms with Crippen molar-refractivity contribution in [2.45, 2.75) is 13.3 Å². The van der Waals surface area contributed by atoms with Crippen molar-refractivity contribution in [1.82, 2.24) is 4.98 Å². The predicted octanol–water partition coefficient (Wildman–Crippen LogP) is 0.899. The summed E-state index contributed by atoms with van der Waals surface area (Å²) >= 11 is 0. The van der Waals surface area contributed by atoms with Gasteiger partial charge in [0.1, 0.15) is 5.56 Å². The molecule has 0 aliphatic rings. The summed E-state index contributed by atoms with van der Waals surface area (Å²) in [6.45, 7) is 3.28. The minimum atomic E-state index is -0.999. The minimum absolute atomic E-state index is 0.0140. The van der Waals surface area contributed by atoms with Crippen molar-refractivity contribution in [1.29, 1.82) is 0 Å². The van der Waals surface area contributed by atoms with Crippen molar-refractivity contribution in [2.75, 3.05) is 31.7 Å². The van der Waals surface area contributed by atoms with Crippen molar-refractivity contribution in [3.8, 4) is 0 Å². The Morgan fingerprint density at radius 1 is 1.50 bits per heavy atom. The van der Waals surface area contributed by atoms with Crippen LogP contribution in [0.4, 0.5) is 5.69 Å². The van der Waals surface area contributed by atoms with Gasteiger partial charge in [-0.25, -0.2) is 4.79 Å². The number of hydrogen-bond acceptors (Lipinski definition) is 5. The van der Waals surface area contributed by atoms with Gasteiger partial charge in [-0.05, 0) is 19.4 Å². The van der Waals surface area contributed by atoms with E-state index in [1.54, 1.807) is 13.0 Å². The third-order valence-electron chi connectivity index (χ3n) is 2.29. The monoisotopic (exact) mass is 254 g/mol. The van der Waals surface area contributed by atoms with E-state index in [-0.39, 0.29) is 12.2 Å². The number of pyridine rings is 1. The van der Waals surface area contributed by atoms with Gasteiger partial charge in [0.2, 0.25) is 0 Å². The van der Waals surface area contributed by atoms with Crippen LogP contribution in [0.25, 0.3) is 0 Å². The van der Waals surface area contributed by atoms with Crippen LogP contribution in [0.1, 0.15) is 22.5 Å². The van der Waals surface area contributed by atoms with Gasteiger partial charge in [-0.1, -0.05) is 0 Å². The van der Waals surface area contributed by atoms with E-state index in [4.69, 9.17) is 14.9 Å². The van der Waals surface area contributed by atoms with E-state index in [0.717, 1.165) is 12.1 Å². The minimum Gasteiger partial charge on any atom is -0.478 e. The molecule has 1 heterocycles. The molecule has 0 bridgehead atoms. The highest BCUT2D eigenvalue weighted by atomic mass is 16.5. The number of nitrogens with one attached hydrogen (secondary N) is 1. The summed E-state index contributed by atoms with van der Waals surface area (Å²) in [6, 6.07) is 1.71. The van der Waals surface area contributed by atoms with E-state index in [9.17, 15) is 4.79 Å². The molecule has 1 aromatic heterocycles. The third kappa shape index (κ3) is 4.68. The molecule has 6 nitrogen and oxygen atoms in total. The van der Waals surface area contributed by atoms with Crippen molar-refractivity contribution < 1.29 is 19.7 Å². The van der Waals surface area contributed by atoms with E-state index < -0.39 is 5.97 Å². The van der Waals surface area contributed by atoms with Gasteiger partial charge >= 0.3 is 5.97 Å². The molecule has 1 rings (SSSR count). The van der Waals surface area contributed by atoms with Crippen LogP contribution in [-0.4, -0.2) is 47.5 Å². The number of carbonyl (C=O) groups is 1. The number of anilines is 1. The van der Waals surface area contributed by atoms with Crippen LogP contribution in [0, 0.1) is 6.92 Å². The largest absolute Gasteiger partial charge is 0.478 e. The zero-order valence-corrected chi connectivity index (χ0v) is 10.3. The molecule has 0 aliphatic carbocycles. The molecule has 1 aromatic rings. The van der Waals surface area contributed by atoms with Crippen LogP contribution in [-0.2, 0) is 4.74 Å². The van der Waals surface area contributed by atoms with Crippen molar-refractivity contribution in [3.05, 3.63) is 23.5 Å². The average Bonchev–Trinajstić information content (AvgIpc) is 2.33. The second-order valence-corrected chi connectivity index (χ2v) is 3.79. The summed E-state index contributed by atoms with van der Waals surface area (Å²) in [5, 5.41) is 20.6. The van der Waals surface area contributed by atoms with Crippen molar-refractivity contribution in [3.63, 3.8) is 0 Å². The number of hydrogen-bond donors (Lipinski definition) is 3. The lowest BCUT2D eigenvalue weighted by molar-refractivity contribution is 0.0697.